The molecular formula is C17H22N4O2. The zero-order valence-corrected chi connectivity index (χ0v) is 13.3. The Bertz CT molecular complexity index is 641. The van der Waals surface area contributed by atoms with Crippen LogP contribution >= 0.6 is 0 Å². The molecule has 0 unspecified atom stereocenters. The van der Waals surface area contributed by atoms with E-state index in [2.05, 4.69) is 27.8 Å². The number of carbonyl (C=O) groups is 1. The Morgan fingerprint density at radius 3 is 3.00 bits per heavy atom. The first-order valence-electron chi connectivity index (χ1n) is 8.02. The maximum absolute atomic E-state index is 12.6. The molecule has 1 aliphatic rings. The molecule has 1 aliphatic heterocycles. The van der Waals surface area contributed by atoms with Crippen molar-refractivity contribution in [3.63, 3.8) is 0 Å². The molecule has 0 fully saturated rings. The highest BCUT2D eigenvalue weighted by molar-refractivity contribution is 5.79. The number of nitrogens with one attached hydrogen (secondary N) is 1. The van der Waals surface area contributed by atoms with Crippen LogP contribution in [0.2, 0.25) is 0 Å². The molecule has 0 radical (unpaired) electrons. The molecule has 0 spiro atoms. The molecule has 2 bridgehead atoms. The maximum Gasteiger partial charge on any atom is 0.223 e. The van der Waals surface area contributed by atoms with Gasteiger partial charge in [-0.05, 0) is 25.3 Å². The van der Waals surface area contributed by atoms with Crippen LogP contribution in [-0.4, -0.2) is 33.5 Å². The summed E-state index contributed by atoms with van der Waals surface area (Å²) in [7, 11) is 0. The van der Waals surface area contributed by atoms with Gasteiger partial charge in [-0.3, -0.25) is 9.48 Å². The standard InChI is InChI=1S/C17H22N4O2/c1-13-11-23-12-16-10-21(20-19-16)8-7-15(17(22)18-13)9-14-5-3-2-4-6-14/h2-6,10,13,15H,7-9,11-12H2,1H3,(H,18,22)/t13-,15+/m0/s1. The van der Waals surface area contributed by atoms with E-state index in [0.29, 0.717) is 19.8 Å². The predicted octanol–water partition coefficient (Wildman–Crippen LogP) is 1.56. The molecule has 2 aromatic rings. The number of aromatic nitrogens is 3. The highest BCUT2D eigenvalue weighted by Crippen LogP contribution is 2.15. The molecule has 2 atom stereocenters. The lowest BCUT2D eigenvalue weighted by Gasteiger charge is -2.21. The minimum absolute atomic E-state index is 0.0183. The van der Waals surface area contributed by atoms with E-state index in [1.807, 2.05) is 31.3 Å². The van der Waals surface area contributed by atoms with E-state index in [1.54, 1.807) is 4.68 Å². The Hall–Kier alpha value is -2.21. The van der Waals surface area contributed by atoms with Crippen molar-refractivity contribution < 1.29 is 9.53 Å². The Morgan fingerprint density at radius 1 is 1.35 bits per heavy atom. The monoisotopic (exact) mass is 314 g/mol. The summed E-state index contributed by atoms with van der Waals surface area (Å²) < 4.78 is 7.37. The van der Waals surface area contributed by atoms with Gasteiger partial charge in [0.1, 0.15) is 5.69 Å². The third kappa shape index (κ3) is 4.39. The SMILES string of the molecule is C[C@H]1COCc2cn(nn2)CC[C@H](Cc2ccccc2)C(=O)N1. The number of hydrogen-bond donors (Lipinski definition) is 1. The van der Waals surface area contributed by atoms with E-state index in [1.165, 1.54) is 5.56 Å². The molecule has 6 heteroatoms. The smallest absolute Gasteiger partial charge is 0.223 e. The van der Waals surface area contributed by atoms with Crippen molar-refractivity contribution in [3.05, 3.63) is 47.8 Å². The molecule has 1 N–H and O–H groups in total. The first-order chi connectivity index (χ1) is 11.2. The van der Waals surface area contributed by atoms with Gasteiger partial charge in [0.25, 0.3) is 0 Å². The van der Waals surface area contributed by atoms with E-state index >= 15 is 0 Å². The Morgan fingerprint density at radius 2 is 2.17 bits per heavy atom. The summed E-state index contributed by atoms with van der Waals surface area (Å²) in [6.45, 7) is 3.52. The summed E-state index contributed by atoms with van der Waals surface area (Å²) in [6.07, 6.45) is 3.35. The summed E-state index contributed by atoms with van der Waals surface area (Å²) in [5.74, 6) is -0.0159. The minimum atomic E-state index is -0.0908. The molecule has 0 saturated carbocycles. The van der Waals surface area contributed by atoms with Crippen LogP contribution in [-0.2, 0) is 29.1 Å². The fourth-order valence-electron chi connectivity index (χ4n) is 2.77. The Labute approximate surface area is 135 Å². The summed E-state index contributed by atoms with van der Waals surface area (Å²) >= 11 is 0. The quantitative estimate of drug-likeness (QED) is 0.913. The Balaban J connectivity index is 1.75. The fourth-order valence-corrected chi connectivity index (χ4v) is 2.77. The molecule has 0 saturated heterocycles. The van der Waals surface area contributed by atoms with Crippen LogP contribution in [0, 0.1) is 5.92 Å². The molecule has 122 valence electrons. The maximum atomic E-state index is 12.6. The second-order valence-corrected chi connectivity index (χ2v) is 6.07. The lowest BCUT2D eigenvalue weighted by Crippen LogP contribution is -2.40. The average molecular weight is 314 g/mol. The first kappa shape index (κ1) is 15.7. The van der Waals surface area contributed by atoms with Crippen molar-refractivity contribution >= 4 is 5.91 Å². The molecule has 1 aromatic heterocycles. The highest BCUT2D eigenvalue weighted by atomic mass is 16.5. The second kappa shape index (κ2) is 7.37. The van der Waals surface area contributed by atoms with Gasteiger partial charge in [-0.1, -0.05) is 35.5 Å². The van der Waals surface area contributed by atoms with Gasteiger partial charge >= 0.3 is 0 Å². The van der Waals surface area contributed by atoms with Crippen LogP contribution in [0.4, 0.5) is 0 Å². The predicted molar refractivity (Wildman–Crippen MR) is 85.5 cm³/mol. The van der Waals surface area contributed by atoms with Gasteiger partial charge in [-0.25, -0.2) is 0 Å². The zero-order chi connectivity index (χ0) is 16.1. The van der Waals surface area contributed by atoms with Crippen LogP contribution in [0.5, 0.6) is 0 Å². The number of carbonyl (C=O) groups excluding carboxylic acids is 1. The van der Waals surface area contributed by atoms with Crippen molar-refractivity contribution in [3.8, 4) is 0 Å². The lowest BCUT2D eigenvalue weighted by molar-refractivity contribution is -0.126. The zero-order valence-electron chi connectivity index (χ0n) is 13.3. The number of fused-ring (bicyclic) bond motifs is 2. The van der Waals surface area contributed by atoms with Gasteiger partial charge < -0.3 is 10.1 Å². The molecule has 3 rings (SSSR count). The summed E-state index contributed by atoms with van der Waals surface area (Å²) in [5.41, 5.74) is 1.99. The summed E-state index contributed by atoms with van der Waals surface area (Å²) in [5, 5.41) is 11.3. The van der Waals surface area contributed by atoms with Gasteiger partial charge in [0.15, 0.2) is 0 Å². The second-order valence-electron chi connectivity index (χ2n) is 6.07. The van der Waals surface area contributed by atoms with E-state index in [9.17, 15) is 4.79 Å². The van der Waals surface area contributed by atoms with Crippen molar-refractivity contribution in [1.29, 1.82) is 0 Å². The van der Waals surface area contributed by atoms with Crippen molar-refractivity contribution in [2.45, 2.75) is 39.0 Å². The van der Waals surface area contributed by atoms with Crippen LogP contribution in [0.15, 0.2) is 36.5 Å². The van der Waals surface area contributed by atoms with Crippen LogP contribution in [0.1, 0.15) is 24.6 Å². The Kier molecular flexibility index (Phi) is 5.02. The van der Waals surface area contributed by atoms with Crippen LogP contribution in [0.25, 0.3) is 0 Å². The fraction of sp³-hybridized carbons (Fsp3) is 0.471. The number of amides is 1. The van der Waals surface area contributed by atoms with Gasteiger partial charge in [0.2, 0.25) is 5.91 Å². The molecule has 0 aliphatic carbocycles. The van der Waals surface area contributed by atoms with Crippen LogP contribution in [0.3, 0.4) is 0 Å². The third-order valence-corrected chi connectivity index (χ3v) is 3.99. The van der Waals surface area contributed by atoms with Gasteiger partial charge in [0.05, 0.1) is 19.4 Å². The largest absolute Gasteiger partial charge is 0.373 e. The number of aryl methyl sites for hydroxylation is 1. The number of rotatable bonds is 2. The van der Waals surface area contributed by atoms with Gasteiger partial charge in [-0.15, -0.1) is 5.10 Å². The average Bonchev–Trinajstić information content (AvgIpc) is 2.99. The number of ether oxygens (including phenoxy) is 1. The number of nitrogens with zero attached hydrogens (tertiary/aromatic N) is 3. The topological polar surface area (TPSA) is 69.0 Å². The molecule has 6 nitrogen and oxygen atoms in total. The summed E-state index contributed by atoms with van der Waals surface area (Å²) in [4.78, 5) is 12.6. The highest BCUT2D eigenvalue weighted by Gasteiger charge is 2.21. The molecule has 2 heterocycles. The normalized spacial score (nSPS) is 22.7. The van der Waals surface area contributed by atoms with Gasteiger partial charge in [-0.2, -0.15) is 0 Å². The van der Waals surface area contributed by atoms with Crippen molar-refractivity contribution in [1.82, 2.24) is 20.3 Å². The van der Waals surface area contributed by atoms with Gasteiger partial charge in [0, 0.05) is 18.5 Å². The minimum Gasteiger partial charge on any atom is -0.373 e. The lowest BCUT2D eigenvalue weighted by atomic mass is 9.95. The number of hydrogen-bond acceptors (Lipinski definition) is 4. The van der Waals surface area contributed by atoms with E-state index in [4.69, 9.17) is 4.74 Å². The van der Waals surface area contributed by atoms with Crippen molar-refractivity contribution in [2.75, 3.05) is 6.61 Å². The van der Waals surface area contributed by atoms with Crippen LogP contribution < -0.4 is 5.32 Å². The molecular weight excluding hydrogens is 292 g/mol. The molecule has 1 aromatic carbocycles. The van der Waals surface area contributed by atoms with E-state index < -0.39 is 0 Å². The molecule has 23 heavy (non-hydrogen) atoms. The third-order valence-electron chi connectivity index (χ3n) is 3.99. The summed E-state index contributed by atoms with van der Waals surface area (Å²) in [6, 6.07) is 10.1. The van der Waals surface area contributed by atoms with Crippen molar-refractivity contribution in [2.24, 2.45) is 5.92 Å². The number of benzene rings is 1. The first-order valence-corrected chi connectivity index (χ1v) is 8.02. The molecule has 1 amide bonds. The van der Waals surface area contributed by atoms with E-state index in [-0.39, 0.29) is 17.9 Å². The van der Waals surface area contributed by atoms with E-state index in [0.717, 1.165) is 18.5 Å².